The summed E-state index contributed by atoms with van der Waals surface area (Å²) >= 11 is 0. The fraction of sp³-hybridized carbons (Fsp3) is 0.406. The zero-order valence-electron chi connectivity index (χ0n) is 23.7. The fourth-order valence-electron chi connectivity index (χ4n) is 5.53. The van der Waals surface area contributed by atoms with E-state index in [0.717, 1.165) is 30.5 Å². The molecule has 0 spiro atoms. The van der Waals surface area contributed by atoms with Gasteiger partial charge in [0.25, 0.3) is 0 Å². The number of benzene rings is 3. The molecule has 42 heavy (non-hydrogen) atoms. The van der Waals surface area contributed by atoms with Crippen LogP contribution in [0.5, 0.6) is 17.2 Å². The summed E-state index contributed by atoms with van der Waals surface area (Å²) in [7, 11) is 1.59. The first-order valence-corrected chi connectivity index (χ1v) is 14.1. The predicted molar refractivity (Wildman–Crippen MR) is 150 cm³/mol. The third-order valence-electron chi connectivity index (χ3n) is 7.74. The lowest BCUT2D eigenvalue weighted by molar-refractivity contribution is -0.151. The third kappa shape index (κ3) is 7.35. The molecule has 2 fully saturated rings. The highest BCUT2D eigenvalue weighted by Gasteiger charge is 2.55. The average Bonchev–Trinajstić information content (AvgIpc) is 3.43. The van der Waals surface area contributed by atoms with Crippen molar-refractivity contribution in [2.75, 3.05) is 40.0 Å². The number of hydrogen-bond donors (Lipinski definition) is 1. The van der Waals surface area contributed by atoms with E-state index in [2.05, 4.69) is 10.2 Å². The molecule has 0 unspecified atom stereocenters. The van der Waals surface area contributed by atoms with Crippen LogP contribution < -0.4 is 19.5 Å². The number of methoxy groups -OCH3 is 1. The average molecular weight is 585 g/mol. The number of nitrogens with zero attached hydrogens (tertiary/aromatic N) is 1. The third-order valence-corrected chi connectivity index (χ3v) is 7.74. The highest BCUT2D eigenvalue weighted by Crippen LogP contribution is 2.45. The van der Waals surface area contributed by atoms with Gasteiger partial charge in [-0.25, -0.2) is 18.0 Å². The number of fused-ring (bicyclic) bond motifs is 1. The lowest BCUT2D eigenvalue weighted by Crippen LogP contribution is -2.33. The summed E-state index contributed by atoms with van der Waals surface area (Å²) in [4.78, 5) is 14.6. The topological polar surface area (TPSA) is 69.3 Å². The van der Waals surface area contributed by atoms with Crippen molar-refractivity contribution in [2.45, 2.75) is 32.0 Å². The van der Waals surface area contributed by atoms with Gasteiger partial charge in [-0.1, -0.05) is 12.1 Å². The number of likely N-dealkylation sites (tertiary alicyclic amines) is 1. The predicted octanol–water partition coefficient (Wildman–Crippen LogP) is 4.76. The van der Waals surface area contributed by atoms with Crippen molar-refractivity contribution in [3.8, 4) is 17.2 Å². The second-order valence-electron chi connectivity index (χ2n) is 10.6. The first-order valence-electron chi connectivity index (χ1n) is 14.1. The number of carbonyl (C=O) groups excluding carboxylic acids is 1. The summed E-state index contributed by atoms with van der Waals surface area (Å²) in [6.45, 7) is 5.05. The molecular weight excluding hydrogens is 549 g/mol. The monoisotopic (exact) mass is 584 g/mol. The minimum Gasteiger partial charge on any atom is -0.497 e. The van der Waals surface area contributed by atoms with Crippen LogP contribution in [-0.2, 0) is 22.5 Å². The Morgan fingerprint density at radius 2 is 1.57 bits per heavy atom. The van der Waals surface area contributed by atoms with Crippen molar-refractivity contribution >= 4 is 5.97 Å². The zero-order chi connectivity index (χ0) is 29.6. The summed E-state index contributed by atoms with van der Waals surface area (Å²) < 4.78 is 62.8. The molecule has 3 aromatic rings. The van der Waals surface area contributed by atoms with E-state index in [1.54, 1.807) is 38.3 Å². The van der Waals surface area contributed by atoms with Crippen LogP contribution in [0.3, 0.4) is 0 Å². The van der Waals surface area contributed by atoms with Gasteiger partial charge in [-0.15, -0.1) is 0 Å². The van der Waals surface area contributed by atoms with Crippen LogP contribution in [0.2, 0.25) is 0 Å². The molecule has 1 heterocycles. The number of piperidine rings is 1. The summed E-state index contributed by atoms with van der Waals surface area (Å²) in [5.74, 6) is -0.437. The summed E-state index contributed by atoms with van der Waals surface area (Å²) in [6, 6.07) is 16.5. The van der Waals surface area contributed by atoms with Gasteiger partial charge in [-0.2, -0.15) is 0 Å². The van der Waals surface area contributed by atoms with Gasteiger partial charge in [0.2, 0.25) is 0 Å². The maximum absolute atomic E-state index is 14.0. The lowest BCUT2D eigenvalue weighted by atomic mass is 10.1. The first kappa shape index (κ1) is 29.7. The van der Waals surface area contributed by atoms with Crippen molar-refractivity contribution < 1.29 is 36.9 Å². The summed E-state index contributed by atoms with van der Waals surface area (Å²) in [6.07, 6.45) is -0.448. The smallest absolute Gasteiger partial charge is 0.347 e. The van der Waals surface area contributed by atoms with Crippen LogP contribution in [-0.4, -0.2) is 63.0 Å². The van der Waals surface area contributed by atoms with E-state index in [4.69, 9.17) is 18.9 Å². The van der Waals surface area contributed by atoms with Gasteiger partial charge in [-0.3, -0.25) is 4.90 Å². The van der Waals surface area contributed by atoms with Crippen LogP contribution in [0.4, 0.5) is 13.2 Å². The van der Waals surface area contributed by atoms with Crippen LogP contribution in [0.1, 0.15) is 18.1 Å². The number of ether oxygens (including phenoxy) is 4. The van der Waals surface area contributed by atoms with Crippen LogP contribution in [0, 0.1) is 29.3 Å². The van der Waals surface area contributed by atoms with E-state index in [1.807, 2.05) is 24.3 Å². The summed E-state index contributed by atoms with van der Waals surface area (Å²) in [5, 5.41) is 3.52. The minimum absolute atomic E-state index is 0.181. The van der Waals surface area contributed by atoms with E-state index in [0.29, 0.717) is 55.0 Å². The number of carbonyl (C=O) groups is 1. The van der Waals surface area contributed by atoms with Crippen molar-refractivity contribution in [1.29, 1.82) is 0 Å². The summed E-state index contributed by atoms with van der Waals surface area (Å²) in [5.41, 5.74) is 1.09. The van der Waals surface area contributed by atoms with E-state index < -0.39 is 29.5 Å². The number of nitrogens with one attached hydrogen (secondary N) is 1. The van der Waals surface area contributed by atoms with E-state index in [1.165, 1.54) is 0 Å². The molecule has 4 atom stereocenters. The second-order valence-corrected chi connectivity index (χ2v) is 10.6. The maximum Gasteiger partial charge on any atom is 0.347 e. The molecule has 1 aliphatic heterocycles. The van der Waals surface area contributed by atoms with E-state index in [-0.39, 0.29) is 18.7 Å². The molecule has 0 aromatic heterocycles. The SMILES string of the molecule is CCOC(=O)[C@H](Cc1ccc(OCCN[C@H]2[C@@H]3CN(Cc4cc(F)c(F)cc4F)C[C@@H]32)cc1)Oc1ccc(OC)cc1. The van der Waals surface area contributed by atoms with Crippen LogP contribution >= 0.6 is 0 Å². The fourth-order valence-corrected chi connectivity index (χ4v) is 5.53. The molecule has 1 saturated heterocycles. The van der Waals surface area contributed by atoms with Crippen molar-refractivity contribution in [2.24, 2.45) is 11.8 Å². The Balaban J connectivity index is 1.03. The van der Waals surface area contributed by atoms with Crippen molar-refractivity contribution in [1.82, 2.24) is 10.2 Å². The van der Waals surface area contributed by atoms with Gasteiger partial charge in [0.15, 0.2) is 17.7 Å². The maximum atomic E-state index is 14.0. The van der Waals surface area contributed by atoms with Crippen LogP contribution in [0.25, 0.3) is 0 Å². The normalized spacial score (nSPS) is 20.1. The van der Waals surface area contributed by atoms with E-state index in [9.17, 15) is 18.0 Å². The molecule has 1 aliphatic carbocycles. The molecule has 0 amide bonds. The Morgan fingerprint density at radius 3 is 2.24 bits per heavy atom. The Hall–Kier alpha value is -3.76. The lowest BCUT2D eigenvalue weighted by Gasteiger charge is -2.20. The Labute approximate surface area is 243 Å². The molecular formula is C32H35F3N2O5. The molecule has 224 valence electrons. The van der Waals surface area contributed by atoms with Crippen LogP contribution in [0.15, 0.2) is 60.7 Å². The molecule has 0 radical (unpaired) electrons. The quantitative estimate of drug-likeness (QED) is 0.166. The number of halogens is 3. The van der Waals surface area contributed by atoms with Gasteiger partial charge in [-0.05, 0) is 66.8 Å². The molecule has 1 N–H and O–H groups in total. The highest BCUT2D eigenvalue weighted by atomic mass is 19.2. The largest absolute Gasteiger partial charge is 0.497 e. The first-order chi connectivity index (χ1) is 20.3. The zero-order valence-corrected chi connectivity index (χ0v) is 23.7. The van der Waals surface area contributed by atoms with Gasteiger partial charge >= 0.3 is 5.97 Å². The molecule has 2 aliphatic rings. The number of hydrogen-bond acceptors (Lipinski definition) is 7. The van der Waals surface area contributed by atoms with Gasteiger partial charge in [0, 0.05) is 50.3 Å². The molecule has 5 rings (SSSR count). The Bertz CT molecular complexity index is 1340. The van der Waals surface area contributed by atoms with Gasteiger partial charge in [0.1, 0.15) is 29.7 Å². The molecule has 0 bridgehead atoms. The van der Waals surface area contributed by atoms with Crippen molar-refractivity contribution in [3.63, 3.8) is 0 Å². The van der Waals surface area contributed by atoms with Gasteiger partial charge in [0.05, 0.1) is 13.7 Å². The number of rotatable bonds is 14. The van der Waals surface area contributed by atoms with E-state index >= 15 is 0 Å². The minimum atomic E-state index is -1.17. The van der Waals surface area contributed by atoms with Gasteiger partial charge < -0.3 is 24.3 Å². The molecule has 7 nitrogen and oxygen atoms in total. The molecule has 1 saturated carbocycles. The molecule has 3 aromatic carbocycles. The molecule has 10 heteroatoms. The standard InChI is InChI=1S/C32H35F3N2O5/c1-3-40-32(38)30(42-24-10-8-22(39-2)9-11-24)14-20-4-6-23(7-5-20)41-13-12-36-31-25-18-37(19-26(25)31)17-21-15-28(34)29(35)16-27(21)33/h4-11,15-16,25-26,30-31,36H,3,12-14,17-19H2,1-2H3/t25-,26+,30-,31+/m0/s1. The second kappa shape index (κ2) is 13.5. The van der Waals surface area contributed by atoms with Crippen molar-refractivity contribution in [3.05, 3.63) is 89.2 Å². The Morgan fingerprint density at radius 1 is 0.929 bits per heavy atom. The number of esters is 1. The highest BCUT2D eigenvalue weighted by molar-refractivity contribution is 5.75. The Kier molecular flexibility index (Phi) is 9.54.